The molecule has 0 bridgehead atoms. The van der Waals surface area contributed by atoms with Gasteiger partial charge in [-0.2, -0.15) is 5.10 Å². The number of anilines is 1. The Balaban J connectivity index is 1.99. The molecule has 22 heavy (non-hydrogen) atoms. The summed E-state index contributed by atoms with van der Waals surface area (Å²) >= 11 is 0. The number of hydrogen-bond donors (Lipinski definition) is 3. The van der Waals surface area contributed by atoms with Crippen molar-refractivity contribution in [3.05, 3.63) is 48.3 Å². The maximum absolute atomic E-state index is 12.0. The number of nitrogens with one attached hydrogen (secondary N) is 2. The Hall–Kier alpha value is -2.34. The van der Waals surface area contributed by atoms with Crippen LogP contribution in [-0.2, 0) is 6.54 Å². The summed E-state index contributed by atoms with van der Waals surface area (Å²) in [6.45, 7) is 4.35. The highest BCUT2D eigenvalue weighted by Gasteiger charge is 2.18. The van der Waals surface area contributed by atoms with Gasteiger partial charge in [-0.05, 0) is 31.0 Å². The van der Waals surface area contributed by atoms with Crippen molar-refractivity contribution in [2.45, 2.75) is 32.4 Å². The largest absolute Gasteiger partial charge is 0.388 e. The minimum absolute atomic E-state index is 0.205. The van der Waals surface area contributed by atoms with Gasteiger partial charge >= 0.3 is 6.03 Å². The third kappa shape index (κ3) is 4.60. The molecule has 3 N–H and O–H groups in total. The van der Waals surface area contributed by atoms with Crippen LogP contribution in [-0.4, -0.2) is 33.1 Å². The lowest BCUT2D eigenvalue weighted by atomic mass is 10.0. The second-order valence-corrected chi connectivity index (χ2v) is 5.52. The minimum Gasteiger partial charge on any atom is -0.388 e. The first kappa shape index (κ1) is 16.0. The highest BCUT2D eigenvalue weighted by Crippen LogP contribution is 2.16. The van der Waals surface area contributed by atoms with Crippen molar-refractivity contribution in [1.29, 1.82) is 0 Å². The molecule has 1 aromatic heterocycles. The van der Waals surface area contributed by atoms with Crippen molar-refractivity contribution in [2.75, 3.05) is 11.9 Å². The molecule has 2 amide bonds. The van der Waals surface area contributed by atoms with Crippen LogP contribution in [0.4, 0.5) is 10.5 Å². The van der Waals surface area contributed by atoms with Crippen LogP contribution in [0, 0.1) is 0 Å². The molecular weight excluding hydrogens is 280 g/mol. The van der Waals surface area contributed by atoms with Crippen molar-refractivity contribution in [3.63, 3.8) is 0 Å². The van der Waals surface area contributed by atoms with Gasteiger partial charge in [0.05, 0.1) is 12.1 Å². The van der Waals surface area contributed by atoms with Crippen LogP contribution in [0.3, 0.4) is 0 Å². The van der Waals surface area contributed by atoms with E-state index < -0.39 is 5.60 Å². The maximum atomic E-state index is 12.0. The van der Waals surface area contributed by atoms with E-state index in [4.69, 9.17) is 0 Å². The molecule has 0 aliphatic heterocycles. The molecule has 6 heteroatoms. The molecule has 0 aliphatic carbocycles. The van der Waals surface area contributed by atoms with E-state index in [9.17, 15) is 9.90 Å². The van der Waals surface area contributed by atoms with Crippen LogP contribution in [0.25, 0.3) is 0 Å². The molecule has 0 aliphatic rings. The summed E-state index contributed by atoms with van der Waals surface area (Å²) in [5.74, 6) is 0. The quantitative estimate of drug-likeness (QED) is 0.765. The summed E-state index contributed by atoms with van der Waals surface area (Å²) in [5.41, 5.74) is 0.793. The van der Waals surface area contributed by atoms with E-state index in [-0.39, 0.29) is 12.6 Å². The first-order valence-electron chi connectivity index (χ1n) is 7.33. The fourth-order valence-electron chi connectivity index (χ4n) is 1.91. The van der Waals surface area contributed by atoms with E-state index in [2.05, 4.69) is 15.7 Å². The van der Waals surface area contributed by atoms with Gasteiger partial charge in [0.2, 0.25) is 0 Å². The van der Waals surface area contributed by atoms with Crippen molar-refractivity contribution in [3.8, 4) is 0 Å². The monoisotopic (exact) mass is 302 g/mol. The standard InChI is InChI=1S/C16H22N4O2/c1-3-16(2,22)12-17-15(21)19-14-8-5-4-7-13(14)11-20-10-6-9-18-20/h4-10,22H,3,11-12H2,1-2H3,(H2,17,19,21)/t16-/m1/s1. The topological polar surface area (TPSA) is 79.2 Å². The Morgan fingerprint density at radius 3 is 2.82 bits per heavy atom. The third-order valence-corrected chi connectivity index (χ3v) is 3.55. The molecule has 2 rings (SSSR count). The Labute approximate surface area is 130 Å². The number of para-hydroxylation sites is 1. The SMILES string of the molecule is CC[C@@](C)(O)CNC(=O)Nc1ccccc1Cn1cccn1. The number of rotatable bonds is 6. The van der Waals surface area contributed by atoms with Gasteiger partial charge in [0, 0.05) is 24.6 Å². The van der Waals surface area contributed by atoms with Gasteiger partial charge in [0.1, 0.15) is 0 Å². The van der Waals surface area contributed by atoms with Crippen LogP contribution in [0.1, 0.15) is 25.8 Å². The second kappa shape index (κ2) is 7.09. The molecule has 1 aromatic carbocycles. The summed E-state index contributed by atoms with van der Waals surface area (Å²) in [4.78, 5) is 12.0. The number of aromatic nitrogens is 2. The van der Waals surface area contributed by atoms with Gasteiger partial charge in [-0.3, -0.25) is 4.68 Å². The van der Waals surface area contributed by atoms with Gasteiger partial charge < -0.3 is 15.7 Å². The molecule has 1 atom stereocenters. The third-order valence-electron chi connectivity index (χ3n) is 3.55. The number of nitrogens with zero attached hydrogens (tertiary/aromatic N) is 2. The van der Waals surface area contributed by atoms with Crippen LogP contribution >= 0.6 is 0 Å². The number of urea groups is 1. The summed E-state index contributed by atoms with van der Waals surface area (Å²) in [7, 11) is 0. The second-order valence-electron chi connectivity index (χ2n) is 5.52. The van der Waals surface area contributed by atoms with Crippen LogP contribution in [0.2, 0.25) is 0 Å². The number of amides is 2. The Morgan fingerprint density at radius 1 is 1.36 bits per heavy atom. The number of benzene rings is 1. The van der Waals surface area contributed by atoms with Gasteiger partial charge in [-0.25, -0.2) is 4.79 Å². The molecule has 0 spiro atoms. The molecule has 118 valence electrons. The zero-order chi connectivity index (χ0) is 16.0. The molecule has 0 unspecified atom stereocenters. The predicted molar refractivity (Wildman–Crippen MR) is 85.7 cm³/mol. The zero-order valence-corrected chi connectivity index (χ0v) is 12.9. The van der Waals surface area contributed by atoms with Gasteiger partial charge in [-0.15, -0.1) is 0 Å². The summed E-state index contributed by atoms with van der Waals surface area (Å²) in [6.07, 6.45) is 4.16. The van der Waals surface area contributed by atoms with Crippen molar-refractivity contribution < 1.29 is 9.90 Å². The molecular formula is C16H22N4O2. The average molecular weight is 302 g/mol. The van der Waals surface area contributed by atoms with E-state index in [1.54, 1.807) is 17.8 Å². The first-order valence-corrected chi connectivity index (χ1v) is 7.33. The average Bonchev–Trinajstić information content (AvgIpc) is 3.00. The van der Waals surface area contributed by atoms with Gasteiger partial charge in [0.15, 0.2) is 0 Å². The highest BCUT2D eigenvalue weighted by molar-refractivity contribution is 5.90. The van der Waals surface area contributed by atoms with Gasteiger partial charge in [0.25, 0.3) is 0 Å². The summed E-state index contributed by atoms with van der Waals surface area (Å²) < 4.78 is 1.79. The number of carbonyl (C=O) groups excluding carboxylic acids is 1. The molecule has 0 fully saturated rings. The smallest absolute Gasteiger partial charge is 0.319 e. The molecule has 2 aromatic rings. The van der Waals surface area contributed by atoms with E-state index in [1.165, 1.54) is 0 Å². The van der Waals surface area contributed by atoms with E-state index >= 15 is 0 Å². The van der Waals surface area contributed by atoms with Crippen molar-refractivity contribution in [2.24, 2.45) is 0 Å². The fraction of sp³-hybridized carbons (Fsp3) is 0.375. The van der Waals surface area contributed by atoms with Gasteiger partial charge in [-0.1, -0.05) is 25.1 Å². The number of hydrogen-bond acceptors (Lipinski definition) is 3. The molecule has 1 heterocycles. The summed E-state index contributed by atoms with van der Waals surface area (Å²) in [6, 6.07) is 9.10. The van der Waals surface area contributed by atoms with E-state index in [0.717, 1.165) is 11.3 Å². The lowest BCUT2D eigenvalue weighted by Gasteiger charge is -2.22. The lowest BCUT2D eigenvalue weighted by Crippen LogP contribution is -2.41. The van der Waals surface area contributed by atoms with E-state index in [1.807, 2.05) is 43.5 Å². The van der Waals surface area contributed by atoms with Crippen LogP contribution < -0.4 is 10.6 Å². The Morgan fingerprint density at radius 2 is 2.14 bits per heavy atom. The lowest BCUT2D eigenvalue weighted by molar-refractivity contribution is 0.0587. The molecule has 0 radical (unpaired) electrons. The van der Waals surface area contributed by atoms with Crippen molar-refractivity contribution in [1.82, 2.24) is 15.1 Å². The van der Waals surface area contributed by atoms with Crippen molar-refractivity contribution >= 4 is 11.7 Å². The predicted octanol–water partition coefficient (Wildman–Crippen LogP) is 2.21. The van der Waals surface area contributed by atoms with E-state index in [0.29, 0.717) is 13.0 Å². The molecule has 0 saturated heterocycles. The number of carbonyl (C=O) groups is 1. The Bertz CT molecular complexity index is 608. The minimum atomic E-state index is -0.897. The molecule has 0 saturated carbocycles. The van der Waals surface area contributed by atoms with Crippen LogP contribution in [0.15, 0.2) is 42.7 Å². The first-order chi connectivity index (χ1) is 10.5. The van der Waals surface area contributed by atoms with Crippen LogP contribution in [0.5, 0.6) is 0 Å². The maximum Gasteiger partial charge on any atom is 0.319 e. The Kier molecular flexibility index (Phi) is 5.16. The highest BCUT2D eigenvalue weighted by atomic mass is 16.3. The molecule has 6 nitrogen and oxygen atoms in total. The summed E-state index contributed by atoms with van der Waals surface area (Å²) in [5, 5.41) is 19.6. The zero-order valence-electron chi connectivity index (χ0n) is 12.9. The number of aliphatic hydroxyl groups is 1. The normalized spacial score (nSPS) is 13.4. The fourth-order valence-corrected chi connectivity index (χ4v) is 1.91.